The van der Waals surface area contributed by atoms with Crippen LogP contribution in [-0.4, -0.2) is 55.7 Å². The summed E-state index contributed by atoms with van der Waals surface area (Å²) >= 11 is 0. The molecule has 3 aromatic rings. The highest BCUT2D eigenvalue weighted by molar-refractivity contribution is 5.69. The van der Waals surface area contributed by atoms with Crippen LogP contribution in [0.15, 0.2) is 49.1 Å². The Morgan fingerprint density at radius 1 is 1.27 bits per heavy atom. The first-order valence-electron chi connectivity index (χ1n) is 10.2. The maximum absolute atomic E-state index is 15.0. The molecule has 2 fully saturated rings. The Kier molecular flexibility index (Phi) is 4.47. The second-order valence-electron chi connectivity index (χ2n) is 8.63. The smallest absolute Gasteiger partial charge is 0.151 e. The van der Waals surface area contributed by atoms with E-state index in [1.54, 1.807) is 24.7 Å². The van der Waals surface area contributed by atoms with Crippen LogP contribution >= 0.6 is 0 Å². The van der Waals surface area contributed by atoms with Gasteiger partial charge in [0.05, 0.1) is 23.8 Å². The number of nitrogens with one attached hydrogen (secondary N) is 1. The zero-order chi connectivity index (χ0) is 20.9. The van der Waals surface area contributed by atoms with Crippen molar-refractivity contribution in [2.24, 2.45) is 0 Å². The number of alkyl halides is 1. The van der Waals surface area contributed by atoms with Gasteiger partial charge in [-0.15, -0.1) is 10.2 Å². The third-order valence-corrected chi connectivity index (χ3v) is 6.52. The minimum Gasteiger partial charge on any atom is -0.507 e. The van der Waals surface area contributed by atoms with Crippen LogP contribution in [0.2, 0.25) is 0 Å². The summed E-state index contributed by atoms with van der Waals surface area (Å²) in [7, 11) is 1.88. The highest BCUT2D eigenvalue weighted by Crippen LogP contribution is 2.39. The first-order chi connectivity index (χ1) is 14.4. The largest absolute Gasteiger partial charge is 0.507 e. The Morgan fingerprint density at radius 3 is 2.83 bits per heavy atom. The summed E-state index contributed by atoms with van der Waals surface area (Å²) in [6.45, 7) is 2.17. The third-order valence-electron chi connectivity index (χ3n) is 6.52. The van der Waals surface area contributed by atoms with Crippen LogP contribution in [0.3, 0.4) is 0 Å². The lowest BCUT2D eigenvalue weighted by atomic mass is 9.87. The number of phenolic OH excluding ortho intramolecular Hbond substituents is 1. The Hall–Kier alpha value is -3.00. The van der Waals surface area contributed by atoms with E-state index in [0.717, 1.165) is 24.9 Å². The number of halogens is 1. The van der Waals surface area contributed by atoms with Gasteiger partial charge in [-0.2, -0.15) is 0 Å². The number of hydrogen-bond acceptors (Lipinski definition) is 6. The van der Waals surface area contributed by atoms with Crippen LogP contribution in [-0.2, 0) is 0 Å². The maximum atomic E-state index is 15.0. The normalized spacial score (nSPS) is 27.9. The lowest BCUT2D eigenvalue weighted by Crippen LogP contribution is -2.60. The maximum Gasteiger partial charge on any atom is 0.151 e. The fourth-order valence-electron chi connectivity index (χ4n) is 4.79. The average Bonchev–Trinajstić information content (AvgIpc) is 3.39. The van der Waals surface area contributed by atoms with Gasteiger partial charge in [0.25, 0.3) is 0 Å². The van der Waals surface area contributed by atoms with Gasteiger partial charge in [-0.1, -0.05) is 0 Å². The van der Waals surface area contributed by atoms with Gasteiger partial charge in [-0.25, -0.2) is 9.37 Å². The number of phenols is 1. The van der Waals surface area contributed by atoms with Crippen molar-refractivity contribution in [2.45, 2.75) is 50.0 Å². The molecule has 30 heavy (non-hydrogen) atoms. The molecule has 0 saturated carbocycles. The topological polar surface area (TPSA) is 79.1 Å². The summed E-state index contributed by atoms with van der Waals surface area (Å²) in [5.41, 5.74) is 1.95. The summed E-state index contributed by atoms with van der Waals surface area (Å²) in [4.78, 5) is 5.92. The van der Waals surface area contributed by atoms with Crippen LogP contribution in [0.1, 0.15) is 26.2 Å². The van der Waals surface area contributed by atoms with Gasteiger partial charge in [0.15, 0.2) is 5.82 Å². The van der Waals surface area contributed by atoms with Crippen molar-refractivity contribution in [3.8, 4) is 22.7 Å². The number of aromatic nitrogens is 4. The highest BCUT2D eigenvalue weighted by Gasteiger charge is 2.49. The number of rotatable bonds is 4. The predicted molar refractivity (Wildman–Crippen MR) is 113 cm³/mol. The van der Waals surface area contributed by atoms with Crippen molar-refractivity contribution in [2.75, 3.05) is 11.9 Å². The molecule has 2 saturated heterocycles. The van der Waals surface area contributed by atoms with E-state index in [1.165, 1.54) is 0 Å². The molecule has 4 heterocycles. The van der Waals surface area contributed by atoms with E-state index in [4.69, 9.17) is 0 Å². The second kappa shape index (κ2) is 7.05. The zero-order valence-corrected chi connectivity index (χ0v) is 17.0. The van der Waals surface area contributed by atoms with E-state index in [9.17, 15) is 5.11 Å². The summed E-state index contributed by atoms with van der Waals surface area (Å²) < 4.78 is 16.8. The first-order valence-corrected chi connectivity index (χ1v) is 10.2. The highest BCUT2D eigenvalue weighted by atomic mass is 19.1. The molecule has 156 valence electrons. The zero-order valence-electron chi connectivity index (χ0n) is 17.0. The number of benzene rings is 1. The quantitative estimate of drug-likeness (QED) is 0.691. The molecular formula is C22H25FN6O. The van der Waals surface area contributed by atoms with Crippen molar-refractivity contribution >= 4 is 5.82 Å². The van der Waals surface area contributed by atoms with Crippen LogP contribution in [0.5, 0.6) is 5.75 Å². The molecule has 2 N–H and O–H groups in total. The number of piperidine rings is 1. The number of fused-ring (bicyclic) bond motifs is 2. The van der Waals surface area contributed by atoms with Gasteiger partial charge >= 0.3 is 0 Å². The predicted octanol–water partition coefficient (Wildman–Crippen LogP) is 3.09. The fraction of sp³-hybridized carbons (Fsp3) is 0.409. The van der Waals surface area contributed by atoms with Gasteiger partial charge in [-0.3, -0.25) is 0 Å². The van der Waals surface area contributed by atoms with Gasteiger partial charge in [0.1, 0.15) is 11.9 Å². The first kappa shape index (κ1) is 19.0. The van der Waals surface area contributed by atoms with Crippen molar-refractivity contribution in [1.29, 1.82) is 0 Å². The average molecular weight is 408 g/mol. The molecule has 2 aliphatic heterocycles. The van der Waals surface area contributed by atoms with Crippen LogP contribution in [0, 0.1) is 0 Å². The number of imidazole rings is 1. The Balaban J connectivity index is 1.37. The van der Waals surface area contributed by atoms with Gasteiger partial charge in [-0.05, 0) is 50.5 Å². The van der Waals surface area contributed by atoms with Gasteiger partial charge in [0.2, 0.25) is 0 Å². The molecule has 2 bridgehead atoms. The molecule has 5 rings (SSSR count). The lowest BCUT2D eigenvalue weighted by Gasteiger charge is -2.43. The monoisotopic (exact) mass is 408 g/mol. The summed E-state index contributed by atoms with van der Waals surface area (Å²) in [6, 6.07) is 8.69. The van der Waals surface area contributed by atoms with E-state index in [1.807, 2.05) is 40.9 Å². The molecule has 1 aromatic carbocycles. The van der Waals surface area contributed by atoms with Gasteiger partial charge in [0, 0.05) is 42.7 Å². The second-order valence-corrected chi connectivity index (χ2v) is 8.63. The molecule has 8 heteroatoms. The Bertz CT molecular complexity index is 1040. The summed E-state index contributed by atoms with van der Waals surface area (Å²) in [5.74, 6) is 0.745. The van der Waals surface area contributed by atoms with E-state index >= 15 is 4.39 Å². The standard InChI is InChI=1S/C22H25FN6O/c1-22-8-7-17(25-22)21(23)18(12-22)28(2)20-6-5-16(26-27-20)15-4-3-14(11-19(15)30)29-10-9-24-13-29/h3-6,9-11,13,17-18,21,25,30H,7-8,12H2,1-2H3/t17-,18+,21-,22+/m0/s1. The fourth-order valence-corrected chi connectivity index (χ4v) is 4.79. The lowest BCUT2D eigenvalue weighted by molar-refractivity contribution is 0.144. The molecule has 0 spiro atoms. The SMILES string of the molecule is CN(c1ccc(-c2ccc(-n3ccnc3)cc2O)nn1)[C@@H]1C[C@@]2(C)CC[C@H](N2)[C@@H]1F. The molecule has 0 unspecified atom stereocenters. The number of anilines is 1. The van der Waals surface area contributed by atoms with Crippen molar-refractivity contribution in [1.82, 2.24) is 25.1 Å². The van der Waals surface area contributed by atoms with E-state index in [-0.39, 0.29) is 23.4 Å². The number of aromatic hydroxyl groups is 1. The molecule has 2 aromatic heterocycles. The molecule has 2 aliphatic rings. The molecule has 4 atom stereocenters. The molecule has 0 radical (unpaired) electrons. The summed E-state index contributed by atoms with van der Waals surface area (Å²) in [5, 5.41) is 22.6. The minimum atomic E-state index is -0.938. The molecule has 0 amide bonds. The van der Waals surface area contributed by atoms with E-state index in [2.05, 4.69) is 27.4 Å². The van der Waals surface area contributed by atoms with E-state index in [0.29, 0.717) is 17.1 Å². The van der Waals surface area contributed by atoms with Crippen molar-refractivity contribution < 1.29 is 9.50 Å². The number of nitrogens with zero attached hydrogens (tertiary/aromatic N) is 5. The van der Waals surface area contributed by atoms with Crippen LogP contribution in [0.25, 0.3) is 16.9 Å². The van der Waals surface area contributed by atoms with E-state index < -0.39 is 6.17 Å². The Labute approximate surface area is 174 Å². The van der Waals surface area contributed by atoms with Gasteiger partial charge < -0.3 is 19.9 Å². The van der Waals surface area contributed by atoms with Crippen molar-refractivity contribution in [3.63, 3.8) is 0 Å². The van der Waals surface area contributed by atoms with Crippen molar-refractivity contribution in [3.05, 3.63) is 49.1 Å². The summed E-state index contributed by atoms with van der Waals surface area (Å²) in [6.07, 6.45) is 6.84. The molecular weight excluding hydrogens is 383 g/mol. The molecule has 0 aliphatic carbocycles. The number of hydrogen-bond donors (Lipinski definition) is 2. The van der Waals surface area contributed by atoms with Crippen LogP contribution < -0.4 is 10.2 Å². The van der Waals surface area contributed by atoms with Crippen LogP contribution in [0.4, 0.5) is 10.2 Å². The Morgan fingerprint density at radius 2 is 2.13 bits per heavy atom. The third kappa shape index (κ3) is 3.21. The minimum absolute atomic E-state index is 0.0116. The molecule has 7 nitrogen and oxygen atoms in total.